The second-order valence-corrected chi connectivity index (χ2v) is 15.5. The van der Waals surface area contributed by atoms with E-state index in [2.05, 4.69) is 76.5 Å². The van der Waals surface area contributed by atoms with Gasteiger partial charge in [0.25, 0.3) is 0 Å². The number of fused-ring (bicyclic) bond motifs is 1. The highest BCUT2D eigenvalue weighted by molar-refractivity contribution is 5.71. The van der Waals surface area contributed by atoms with Crippen molar-refractivity contribution < 1.29 is 23.7 Å². The quantitative estimate of drug-likeness (QED) is 0.111. The predicted octanol–water partition coefficient (Wildman–Crippen LogP) is 9.89. The second-order valence-electron chi connectivity index (χ2n) is 15.5. The zero-order valence-electron chi connectivity index (χ0n) is 33.6. The van der Waals surface area contributed by atoms with Crippen molar-refractivity contribution in [3.05, 3.63) is 113 Å². The average molecular weight is 754 g/mol. The maximum atomic E-state index is 5.82. The monoisotopic (exact) mass is 753 g/mol. The zero-order valence-corrected chi connectivity index (χ0v) is 33.6. The Morgan fingerprint density at radius 1 is 0.607 bits per heavy atom. The van der Waals surface area contributed by atoms with Gasteiger partial charge in [0.1, 0.15) is 0 Å². The molecule has 8 rings (SSSR count). The van der Waals surface area contributed by atoms with E-state index in [4.69, 9.17) is 28.7 Å². The van der Waals surface area contributed by atoms with Crippen LogP contribution in [0.25, 0.3) is 22.4 Å². The highest BCUT2D eigenvalue weighted by Gasteiger charge is 2.28. The lowest BCUT2D eigenvalue weighted by Crippen LogP contribution is -2.44. The SMILES string of the molecule is COc1cc(-c2ccc(CN(c3ccc4c(c3)CCC4)C3CCN(Cc4ccnc(-c5cc(OC)c(OC)c(C6CCC6)c5)c4)CC3)cc2)cc(OC)c1OC. The lowest BCUT2D eigenvalue weighted by atomic mass is 9.79. The van der Waals surface area contributed by atoms with E-state index in [0.717, 1.165) is 72.9 Å². The molecular formula is C48H55N3O5. The number of ether oxygens (including phenoxy) is 5. The van der Waals surface area contributed by atoms with Gasteiger partial charge in [0.2, 0.25) is 5.75 Å². The fraction of sp³-hybridized carbons (Fsp3) is 0.396. The number of pyridine rings is 1. The van der Waals surface area contributed by atoms with Crippen molar-refractivity contribution in [2.45, 2.75) is 76.4 Å². The van der Waals surface area contributed by atoms with Crippen LogP contribution < -0.4 is 28.6 Å². The van der Waals surface area contributed by atoms with Crippen molar-refractivity contribution in [2.24, 2.45) is 0 Å². The normalized spacial score (nSPS) is 15.9. The molecule has 56 heavy (non-hydrogen) atoms. The molecule has 1 aliphatic heterocycles. The molecule has 0 bridgehead atoms. The third-order valence-electron chi connectivity index (χ3n) is 12.3. The molecule has 1 saturated carbocycles. The van der Waals surface area contributed by atoms with Crippen molar-refractivity contribution >= 4 is 5.69 Å². The number of anilines is 1. The summed E-state index contributed by atoms with van der Waals surface area (Å²) in [7, 11) is 8.41. The van der Waals surface area contributed by atoms with Crippen molar-refractivity contribution in [3.63, 3.8) is 0 Å². The highest BCUT2D eigenvalue weighted by atomic mass is 16.5. The van der Waals surface area contributed by atoms with E-state index < -0.39 is 0 Å². The summed E-state index contributed by atoms with van der Waals surface area (Å²) < 4.78 is 28.4. The number of rotatable bonds is 14. The molecule has 2 heterocycles. The summed E-state index contributed by atoms with van der Waals surface area (Å²) in [6.45, 7) is 3.87. The summed E-state index contributed by atoms with van der Waals surface area (Å²) in [5, 5.41) is 0. The lowest BCUT2D eigenvalue weighted by Gasteiger charge is -2.40. The Morgan fingerprint density at radius 2 is 1.29 bits per heavy atom. The first-order valence-corrected chi connectivity index (χ1v) is 20.2. The smallest absolute Gasteiger partial charge is 0.203 e. The number of piperidine rings is 1. The molecule has 8 nitrogen and oxygen atoms in total. The van der Waals surface area contributed by atoms with E-state index in [1.165, 1.54) is 72.0 Å². The molecule has 2 aliphatic carbocycles. The summed E-state index contributed by atoms with van der Waals surface area (Å²) in [4.78, 5) is 10.1. The van der Waals surface area contributed by atoms with Crippen molar-refractivity contribution in [2.75, 3.05) is 53.5 Å². The van der Waals surface area contributed by atoms with Crippen molar-refractivity contribution in [3.8, 4) is 51.1 Å². The van der Waals surface area contributed by atoms with Crippen molar-refractivity contribution in [1.29, 1.82) is 0 Å². The third kappa shape index (κ3) is 7.77. The molecule has 3 aliphatic rings. The van der Waals surface area contributed by atoms with Gasteiger partial charge in [-0.25, -0.2) is 0 Å². The molecule has 0 amide bonds. The van der Waals surface area contributed by atoms with Gasteiger partial charge in [-0.05, 0) is 133 Å². The molecule has 1 saturated heterocycles. The average Bonchev–Trinajstić information content (AvgIpc) is 3.70. The van der Waals surface area contributed by atoms with Crippen LogP contribution in [0.4, 0.5) is 5.69 Å². The van der Waals surface area contributed by atoms with Crippen LogP contribution in [-0.4, -0.2) is 64.6 Å². The van der Waals surface area contributed by atoms with Crippen LogP contribution in [0.3, 0.4) is 0 Å². The molecule has 2 fully saturated rings. The highest BCUT2D eigenvalue weighted by Crippen LogP contribution is 2.47. The lowest BCUT2D eigenvalue weighted by molar-refractivity contribution is 0.201. The summed E-state index contributed by atoms with van der Waals surface area (Å²) in [5.74, 6) is 4.07. The number of likely N-dealkylation sites (tertiary alicyclic amines) is 1. The van der Waals surface area contributed by atoms with E-state index in [-0.39, 0.29) is 0 Å². The van der Waals surface area contributed by atoms with Crippen LogP contribution in [0.2, 0.25) is 0 Å². The first-order valence-electron chi connectivity index (χ1n) is 20.2. The first-order chi connectivity index (χ1) is 27.5. The molecule has 5 aromatic rings. The molecule has 8 heteroatoms. The Kier molecular flexibility index (Phi) is 11.4. The first kappa shape index (κ1) is 37.7. The number of nitrogens with zero attached hydrogens (tertiary/aromatic N) is 3. The molecule has 0 atom stereocenters. The second kappa shape index (κ2) is 16.9. The molecule has 4 aromatic carbocycles. The largest absolute Gasteiger partial charge is 0.493 e. The number of benzene rings is 4. The van der Waals surface area contributed by atoms with E-state index in [1.54, 1.807) is 35.5 Å². The number of methoxy groups -OCH3 is 5. The third-order valence-corrected chi connectivity index (χ3v) is 12.3. The van der Waals surface area contributed by atoms with Gasteiger partial charge in [-0.3, -0.25) is 9.88 Å². The standard InChI is InChI=1S/C48H55N3O5/c1-52-44-29-39(26-42(47(44)55-4)36-9-7-10-36)43-24-33(18-21-49-43)30-50-22-19-40(20-23-50)51(41-17-16-34-8-6-11-37(34)25-41)31-32-12-14-35(15-13-32)38-27-45(53-2)48(56-5)46(28-38)54-3/h12-18,21,24-29,36,40H,6-11,19-20,22-23,30-31H2,1-5H3. The number of hydrogen-bond donors (Lipinski definition) is 0. The number of hydrogen-bond acceptors (Lipinski definition) is 8. The summed E-state index contributed by atoms with van der Waals surface area (Å²) in [6, 6.07) is 29.4. The van der Waals surface area contributed by atoms with Crippen LogP contribution in [0.1, 0.15) is 72.3 Å². The maximum Gasteiger partial charge on any atom is 0.203 e. The number of aryl methyl sites for hydroxylation is 2. The zero-order chi connectivity index (χ0) is 38.6. The molecule has 0 unspecified atom stereocenters. The Balaban J connectivity index is 0.982. The van der Waals surface area contributed by atoms with Crippen LogP contribution in [-0.2, 0) is 25.9 Å². The van der Waals surface area contributed by atoms with E-state index in [1.807, 2.05) is 18.3 Å². The Labute approximate surface area is 332 Å². The van der Waals surface area contributed by atoms with Gasteiger partial charge < -0.3 is 28.6 Å². The van der Waals surface area contributed by atoms with Gasteiger partial charge in [0.15, 0.2) is 23.0 Å². The minimum atomic E-state index is 0.449. The minimum absolute atomic E-state index is 0.449. The predicted molar refractivity (Wildman–Crippen MR) is 224 cm³/mol. The molecule has 0 radical (unpaired) electrons. The summed E-state index contributed by atoms with van der Waals surface area (Å²) >= 11 is 0. The molecule has 0 N–H and O–H groups in total. The van der Waals surface area contributed by atoms with E-state index >= 15 is 0 Å². The van der Waals surface area contributed by atoms with E-state index in [9.17, 15) is 0 Å². The van der Waals surface area contributed by atoms with Crippen LogP contribution in [0.5, 0.6) is 28.7 Å². The van der Waals surface area contributed by atoms with Crippen LogP contribution in [0, 0.1) is 0 Å². The maximum absolute atomic E-state index is 5.82. The molecule has 0 spiro atoms. The van der Waals surface area contributed by atoms with Gasteiger partial charge >= 0.3 is 0 Å². The van der Waals surface area contributed by atoms with Gasteiger partial charge in [0, 0.05) is 55.2 Å². The molecule has 1 aromatic heterocycles. The Bertz CT molecular complexity index is 2110. The summed E-state index contributed by atoms with van der Waals surface area (Å²) in [5.41, 5.74) is 12.4. The van der Waals surface area contributed by atoms with Gasteiger partial charge in [-0.2, -0.15) is 0 Å². The van der Waals surface area contributed by atoms with Gasteiger partial charge in [0.05, 0.1) is 41.2 Å². The molecular weight excluding hydrogens is 699 g/mol. The fourth-order valence-corrected chi connectivity index (χ4v) is 8.96. The van der Waals surface area contributed by atoms with E-state index in [0.29, 0.717) is 29.2 Å². The fourth-order valence-electron chi connectivity index (χ4n) is 8.96. The Morgan fingerprint density at radius 3 is 1.95 bits per heavy atom. The van der Waals surface area contributed by atoms with Gasteiger partial charge in [-0.1, -0.05) is 36.8 Å². The minimum Gasteiger partial charge on any atom is -0.493 e. The summed E-state index contributed by atoms with van der Waals surface area (Å²) in [6.07, 6.45) is 11.5. The Hall–Kier alpha value is -5.21. The van der Waals surface area contributed by atoms with Crippen molar-refractivity contribution in [1.82, 2.24) is 9.88 Å². The van der Waals surface area contributed by atoms with Crippen LogP contribution >= 0.6 is 0 Å². The van der Waals surface area contributed by atoms with Gasteiger partial charge in [-0.15, -0.1) is 0 Å². The number of aromatic nitrogens is 1. The molecule has 292 valence electrons. The van der Waals surface area contributed by atoms with Crippen LogP contribution in [0.15, 0.2) is 85.1 Å². The topological polar surface area (TPSA) is 65.5 Å².